The molecule has 0 radical (unpaired) electrons. The molecule has 0 atom stereocenters. The number of anilines is 1. The standard InChI is InChI=1S/C24H20N8S/c1-13(2)28-16-8-14(10-25-12-16)15-9-18-21(31-32-22(18)27-11-15)24-29-20-17(19-4-3-7-33-19)5-6-26-23(20)30-24/h3-13,28H,1-2H3,(H,26,29,30)(H,27,31,32). The number of thiophene rings is 1. The second-order valence-corrected chi connectivity index (χ2v) is 9.02. The number of imidazole rings is 1. The van der Waals surface area contributed by atoms with Crippen LogP contribution in [0.3, 0.4) is 0 Å². The summed E-state index contributed by atoms with van der Waals surface area (Å²) < 4.78 is 0. The molecular weight excluding hydrogens is 432 g/mol. The molecule has 0 aliphatic carbocycles. The van der Waals surface area contributed by atoms with Crippen molar-refractivity contribution in [3.05, 3.63) is 60.5 Å². The van der Waals surface area contributed by atoms with Gasteiger partial charge in [0, 0.05) is 52.4 Å². The van der Waals surface area contributed by atoms with Gasteiger partial charge in [-0.05, 0) is 43.5 Å². The summed E-state index contributed by atoms with van der Waals surface area (Å²) >= 11 is 1.69. The van der Waals surface area contributed by atoms with Crippen molar-refractivity contribution in [3.63, 3.8) is 0 Å². The highest BCUT2D eigenvalue weighted by atomic mass is 32.1. The Hall–Kier alpha value is -4.11. The van der Waals surface area contributed by atoms with E-state index in [0.717, 1.165) is 39.0 Å². The van der Waals surface area contributed by atoms with Crippen LogP contribution >= 0.6 is 11.3 Å². The van der Waals surface area contributed by atoms with Gasteiger partial charge in [0.2, 0.25) is 0 Å². The molecule has 0 aliphatic heterocycles. The molecule has 8 nitrogen and oxygen atoms in total. The van der Waals surface area contributed by atoms with Crippen LogP contribution in [0.1, 0.15) is 13.8 Å². The Morgan fingerprint density at radius 3 is 2.76 bits per heavy atom. The molecule has 6 aromatic rings. The molecule has 0 spiro atoms. The van der Waals surface area contributed by atoms with Gasteiger partial charge in [-0.3, -0.25) is 10.1 Å². The molecule has 0 amide bonds. The minimum absolute atomic E-state index is 0.323. The molecular formula is C24H20N8S. The lowest BCUT2D eigenvalue weighted by molar-refractivity contribution is 0.898. The Morgan fingerprint density at radius 1 is 1.00 bits per heavy atom. The van der Waals surface area contributed by atoms with Crippen molar-refractivity contribution in [1.82, 2.24) is 35.1 Å². The zero-order valence-corrected chi connectivity index (χ0v) is 18.8. The van der Waals surface area contributed by atoms with Gasteiger partial charge in [-0.1, -0.05) is 6.07 Å². The summed E-state index contributed by atoms with van der Waals surface area (Å²) in [6.45, 7) is 4.20. The Morgan fingerprint density at radius 2 is 1.91 bits per heavy atom. The van der Waals surface area contributed by atoms with Crippen molar-refractivity contribution in [2.24, 2.45) is 0 Å². The smallest absolute Gasteiger partial charge is 0.181 e. The Bertz CT molecular complexity index is 1580. The zero-order valence-electron chi connectivity index (χ0n) is 18.0. The van der Waals surface area contributed by atoms with Gasteiger partial charge in [0.15, 0.2) is 17.1 Å². The first-order valence-electron chi connectivity index (χ1n) is 10.6. The molecule has 33 heavy (non-hydrogen) atoms. The second-order valence-electron chi connectivity index (χ2n) is 8.07. The molecule has 0 fully saturated rings. The maximum atomic E-state index is 4.74. The highest BCUT2D eigenvalue weighted by Crippen LogP contribution is 2.33. The average Bonchev–Trinajstić information content (AvgIpc) is 3.57. The fourth-order valence-corrected chi connectivity index (χ4v) is 4.67. The van der Waals surface area contributed by atoms with Crippen molar-refractivity contribution < 1.29 is 0 Å². The van der Waals surface area contributed by atoms with E-state index in [1.807, 2.05) is 30.7 Å². The molecule has 0 saturated carbocycles. The summed E-state index contributed by atoms with van der Waals surface area (Å²) in [4.78, 5) is 22.8. The number of aromatic nitrogens is 7. The minimum atomic E-state index is 0.323. The minimum Gasteiger partial charge on any atom is -0.382 e. The lowest BCUT2D eigenvalue weighted by Gasteiger charge is -2.10. The quantitative estimate of drug-likeness (QED) is 0.318. The number of nitrogens with zero attached hydrogens (tertiary/aromatic N) is 5. The molecule has 0 aromatic carbocycles. The van der Waals surface area contributed by atoms with E-state index in [9.17, 15) is 0 Å². The molecule has 0 unspecified atom stereocenters. The molecule has 0 bridgehead atoms. The molecule has 6 rings (SSSR count). The Balaban J connectivity index is 1.45. The number of aromatic amines is 2. The third kappa shape index (κ3) is 3.52. The number of hydrogen-bond donors (Lipinski definition) is 3. The highest BCUT2D eigenvalue weighted by Gasteiger charge is 2.17. The van der Waals surface area contributed by atoms with Crippen LogP contribution in [0.4, 0.5) is 5.69 Å². The predicted molar refractivity (Wildman–Crippen MR) is 132 cm³/mol. The number of nitrogens with one attached hydrogen (secondary N) is 3. The zero-order chi connectivity index (χ0) is 22.4. The molecule has 0 aliphatic rings. The van der Waals surface area contributed by atoms with Crippen LogP contribution in [0.2, 0.25) is 0 Å². The summed E-state index contributed by atoms with van der Waals surface area (Å²) in [5.41, 5.74) is 6.96. The van der Waals surface area contributed by atoms with Crippen LogP contribution in [0, 0.1) is 0 Å². The van der Waals surface area contributed by atoms with Crippen LogP contribution in [0.25, 0.3) is 55.3 Å². The first-order chi connectivity index (χ1) is 16.2. The van der Waals surface area contributed by atoms with Gasteiger partial charge < -0.3 is 10.3 Å². The van der Waals surface area contributed by atoms with Crippen LogP contribution in [-0.4, -0.2) is 41.2 Å². The van der Waals surface area contributed by atoms with Gasteiger partial charge in [-0.2, -0.15) is 5.10 Å². The average molecular weight is 453 g/mol. The molecule has 3 N–H and O–H groups in total. The molecule has 6 aromatic heterocycles. The predicted octanol–water partition coefficient (Wildman–Crippen LogP) is 5.51. The third-order valence-corrected chi connectivity index (χ3v) is 6.26. The number of H-pyrrole nitrogens is 2. The number of hydrogen-bond acceptors (Lipinski definition) is 7. The lowest BCUT2D eigenvalue weighted by atomic mass is 10.1. The third-order valence-electron chi connectivity index (χ3n) is 5.35. The van der Waals surface area contributed by atoms with Crippen molar-refractivity contribution in [3.8, 4) is 33.1 Å². The lowest BCUT2D eigenvalue weighted by Crippen LogP contribution is -2.09. The van der Waals surface area contributed by atoms with E-state index < -0.39 is 0 Å². The number of fused-ring (bicyclic) bond motifs is 2. The normalized spacial score (nSPS) is 11.6. The van der Waals surface area contributed by atoms with Gasteiger partial charge in [-0.15, -0.1) is 11.3 Å². The van der Waals surface area contributed by atoms with Gasteiger partial charge in [0.05, 0.1) is 16.6 Å². The topological polar surface area (TPSA) is 108 Å². The summed E-state index contributed by atoms with van der Waals surface area (Å²) in [5, 5.41) is 13.8. The SMILES string of the molecule is CC(C)Nc1cncc(-c2cnc3n[nH]c(-c4nc5nccc(-c6cccs6)c5[nH]4)c3c2)c1. The Kier molecular flexibility index (Phi) is 4.62. The summed E-state index contributed by atoms with van der Waals surface area (Å²) in [6.07, 6.45) is 7.27. The van der Waals surface area contributed by atoms with E-state index in [0.29, 0.717) is 23.2 Å². The van der Waals surface area contributed by atoms with E-state index in [-0.39, 0.29) is 0 Å². The highest BCUT2D eigenvalue weighted by molar-refractivity contribution is 7.13. The van der Waals surface area contributed by atoms with Crippen molar-refractivity contribution in [1.29, 1.82) is 0 Å². The maximum Gasteiger partial charge on any atom is 0.181 e. The Labute approximate surface area is 193 Å². The summed E-state index contributed by atoms with van der Waals surface area (Å²) in [5.74, 6) is 0.677. The van der Waals surface area contributed by atoms with Gasteiger partial charge >= 0.3 is 0 Å². The van der Waals surface area contributed by atoms with Gasteiger partial charge in [0.1, 0.15) is 5.69 Å². The van der Waals surface area contributed by atoms with E-state index in [1.54, 1.807) is 17.5 Å². The number of pyridine rings is 3. The van der Waals surface area contributed by atoms with Crippen molar-refractivity contribution >= 4 is 39.2 Å². The number of rotatable bonds is 5. The largest absolute Gasteiger partial charge is 0.382 e. The van der Waals surface area contributed by atoms with E-state index >= 15 is 0 Å². The maximum absolute atomic E-state index is 4.74. The van der Waals surface area contributed by atoms with Crippen LogP contribution in [0.5, 0.6) is 0 Å². The van der Waals surface area contributed by atoms with Gasteiger partial charge in [0.25, 0.3) is 0 Å². The molecule has 6 heterocycles. The first-order valence-corrected chi connectivity index (χ1v) is 11.5. The van der Waals surface area contributed by atoms with Crippen molar-refractivity contribution in [2.45, 2.75) is 19.9 Å². The van der Waals surface area contributed by atoms with E-state index in [1.165, 1.54) is 4.88 Å². The van der Waals surface area contributed by atoms with Crippen molar-refractivity contribution in [2.75, 3.05) is 5.32 Å². The molecule has 9 heteroatoms. The van der Waals surface area contributed by atoms with Gasteiger partial charge in [-0.25, -0.2) is 15.0 Å². The fourth-order valence-electron chi connectivity index (χ4n) is 3.91. The second kappa shape index (κ2) is 7.79. The fraction of sp³-hybridized carbons (Fsp3) is 0.125. The van der Waals surface area contributed by atoms with Crippen LogP contribution < -0.4 is 5.32 Å². The first kappa shape index (κ1) is 19.6. The molecule has 0 saturated heterocycles. The van der Waals surface area contributed by atoms with E-state index in [4.69, 9.17) is 4.98 Å². The summed E-state index contributed by atoms with van der Waals surface area (Å²) in [7, 11) is 0. The monoisotopic (exact) mass is 452 g/mol. The van der Waals surface area contributed by atoms with E-state index in [2.05, 4.69) is 72.9 Å². The summed E-state index contributed by atoms with van der Waals surface area (Å²) in [6, 6.07) is 10.6. The van der Waals surface area contributed by atoms with Crippen LogP contribution in [0.15, 0.2) is 60.5 Å². The molecule has 162 valence electrons. The van der Waals surface area contributed by atoms with Crippen LogP contribution in [-0.2, 0) is 0 Å².